The van der Waals surface area contributed by atoms with E-state index in [0.717, 1.165) is 48.3 Å². The molecule has 16 heteroatoms. The molecule has 1 aliphatic rings. The van der Waals surface area contributed by atoms with E-state index in [0.29, 0.717) is 0 Å². The number of sulfonamides is 2. The van der Waals surface area contributed by atoms with Crippen LogP contribution < -0.4 is 0 Å². The van der Waals surface area contributed by atoms with Crippen LogP contribution in [0.15, 0.2) is 0 Å². The van der Waals surface area contributed by atoms with Crippen LogP contribution in [0.5, 0.6) is 0 Å². The molecule has 0 bridgehead atoms. The van der Waals surface area contributed by atoms with E-state index in [9.17, 15) is 43.2 Å². The van der Waals surface area contributed by atoms with Crippen molar-refractivity contribution in [1.29, 1.82) is 0 Å². The van der Waals surface area contributed by atoms with Crippen LogP contribution in [-0.2, 0) is 29.5 Å². The zero-order valence-electron chi connectivity index (χ0n) is 13.7. The first kappa shape index (κ1) is 25.3. The molecule has 158 valence electrons. The second kappa shape index (κ2) is 9.01. The number of morpholine rings is 1. The highest BCUT2D eigenvalue weighted by molar-refractivity contribution is 8.13. The fourth-order valence-electron chi connectivity index (χ4n) is 1.44. The van der Waals surface area contributed by atoms with E-state index < -0.39 is 31.1 Å². The number of halogens is 6. The van der Waals surface area contributed by atoms with Crippen molar-refractivity contribution in [3.8, 4) is 0 Å². The fraction of sp³-hybridized carbons (Fsp3) is 1.00. The van der Waals surface area contributed by atoms with Gasteiger partial charge in [0.15, 0.2) is 26.8 Å². The molecule has 0 aromatic heterocycles. The van der Waals surface area contributed by atoms with Gasteiger partial charge in [0.1, 0.15) is 13.1 Å². The smallest absolute Gasteiger partial charge is 0.421 e. The molecule has 0 N–H and O–H groups in total. The summed E-state index contributed by atoms with van der Waals surface area (Å²) in [6.45, 7) is 7.61. The number of hydrogen-bond acceptors (Lipinski definition) is 6. The van der Waals surface area contributed by atoms with Gasteiger partial charge in [0.05, 0.1) is 20.3 Å². The standard InChI is InChI=1S/C8H18NO2.C2F6NO4S2/c1-3-10-8-9(2)4-6-11-7-5-9;3-1(4,5)14(10,11)9-15(12,13)2(6,7)8/h3-8H2,1-2H3;/q+1;-1. The van der Waals surface area contributed by atoms with Crippen LogP contribution in [0.4, 0.5) is 26.3 Å². The summed E-state index contributed by atoms with van der Waals surface area (Å²) in [7, 11) is -11.2. The second-order valence-electron chi connectivity index (χ2n) is 5.22. The Labute approximate surface area is 146 Å². The van der Waals surface area contributed by atoms with Crippen molar-refractivity contribution in [3.05, 3.63) is 4.13 Å². The van der Waals surface area contributed by atoms with E-state index in [4.69, 9.17) is 9.47 Å². The van der Waals surface area contributed by atoms with Gasteiger partial charge in [-0.2, -0.15) is 26.3 Å². The van der Waals surface area contributed by atoms with Crippen LogP contribution in [0, 0.1) is 0 Å². The van der Waals surface area contributed by atoms with Crippen molar-refractivity contribution in [2.45, 2.75) is 17.9 Å². The molecule has 26 heavy (non-hydrogen) atoms. The first-order chi connectivity index (χ1) is 11.5. The lowest BCUT2D eigenvalue weighted by Crippen LogP contribution is -2.53. The lowest BCUT2D eigenvalue weighted by molar-refractivity contribution is -0.934. The van der Waals surface area contributed by atoms with Crippen molar-refractivity contribution in [2.75, 3.05) is 46.7 Å². The predicted molar refractivity (Wildman–Crippen MR) is 76.5 cm³/mol. The van der Waals surface area contributed by atoms with Gasteiger partial charge in [0.25, 0.3) is 0 Å². The average molecular weight is 440 g/mol. The highest BCUT2D eigenvalue weighted by atomic mass is 32.3. The first-order valence-electron chi connectivity index (χ1n) is 6.83. The Morgan fingerprint density at radius 2 is 1.35 bits per heavy atom. The minimum absolute atomic E-state index is 0.778. The van der Waals surface area contributed by atoms with Gasteiger partial charge in [-0.3, -0.25) is 4.48 Å². The quantitative estimate of drug-likeness (QED) is 0.475. The lowest BCUT2D eigenvalue weighted by atomic mass is 10.4. The van der Waals surface area contributed by atoms with Gasteiger partial charge in [-0.15, -0.1) is 0 Å². The number of likely N-dealkylation sites (N-methyl/N-ethyl adjacent to an activating group) is 1. The zero-order valence-corrected chi connectivity index (χ0v) is 15.3. The number of hydrogen-bond donors (Lipinski definition) is 0. The SMILES string of the molecule is CCOC[N+]1(C)CCOCC1.O=S(=O)([N-]S(=O)(=O)C(F)(F)F)C(F)(F)F. The lowest BCUT2D eigenvalue weighted by Gasteiger charge is -2.36. The van der Waals surface area contributed by atoms with E-state index in [-0.39, 0.29) is 0 Å². The third-order valence-electron chi connectivity index (χ3n) is 2.94. The number of ether oxygens (including phenoxy) is 2. The molecule has 0 unspecified atom stereocenters. The van der Waals surface area contributed by atoms with E-state index in [1.165, 1.54) is 0 Å². The summed E-state index contributed by atoms with van der Waals surface area (Å²) in [6, 6.07) is 0. The molecular weight excluding hydrogens is 422 g/mol. The molecule has 1 saturated heterocycles. The molecule has 1 fully saturated rings. The molecule has 0 aromatic rings. The van der Waals surface area contributed by atoms with Crippen LogP contribution in [-0.4, -0.2) is 79.0 Å². The van der Waals surface area contributed by atoms with Crippen LogP contribution in [0.2, 0.25) is 0 Å². The highest BCUT2D eigenvalue weighted by Gasteiger charge is 2.46. The van der Waals surface area contributed by atoms with Gasteiger partial charge in [0, 0.05) is 6.61 Å². The molecule has 0 spiro atoms. The third-order valence-corrected chi connectivity index (χ3v) is 5.68. The minimum atomic E-state index is -6.72. The Kier molecular flexibility index (Phi) is 8.77. The maximum atomic E-state index is 11.4. The number of alkyl halides is 6. The molecule has 1 rings (SSSR count). The summed E-state index contributed by atoms with van der Waals surface area (Å²) in [6.07, 6.45) is 0. The van der Waals surface area contributed by atoms with E-state index in [1.54, 1.807) is 0 Å². The largest absolute Gasteiger partial charge is 0.480 e. The average Bonchev–Trinajstić information content (AvgIpc) is 2.43. The van der Waals surface area contributed by atoms with Crippen molar-refractivity contribution < 1.29 is 57.1 Å². The Balaban J connectivity index is 0.000000502. The predicted octanol–water partition coefficient (Wildman–Crippen LogP) is 1.52. The van der Waals surface area contributed by atoms with Gasteiger partial charge in [-0.1, -0.05) is 0 Å². The molecule has 0 aromatic carbocycles. The zero-order chi connectivity index (χ0) is 20.9. The molecule has 0 radical (unpaired) electrons. The molecule has 0 saturated carbocycles. The monoisotopic (exact) mass is 440 g/mol. The van der Waals surface area contributed by atoms with Crippen molar-refractivity contribution in [2.24, 2.45) is 0 Å². The van der Waals surface area contributed by atoms with Crippen molar-refractivity contribution >= 4 is 20.0 Å². The van der Waals surface area contributed by atoms with Crippen LogP contribution in [0.1, 0.15) is 6.92 Å². The van der Waals surface area contributed by atoms with E-state index >= 15 is 0 Å². The van der Waals surface area contributed by atoms with Gasteiger partial charge >= 0.3 is 11.0 Å². The summed E-state index contributed by atoms with van der Waals surface area (Å²) in [5.74, 6) is 0. The fourth-order valence-corrected chi connectivity index (χ4v) is 3.15. The van der Waals surface area contributed by atoms with Crippen molar-refractivity contribution in [1.82, 2.24) is 0 Å². The van der Waals surface area contributed by atoms with E-state index in [2.05, 4.69) is 7.05 Å². The van der Waals surface area contributed by atoms with Gasteiger partial charge in [-0.25, -0.2) is 16.8 Å². The molecule has 0 amide bonds. The Morgan fingerprint density at radius 3 is 1.65 bits per heavy atom. The van der Waals surface area contributed by atoms with Crippen LogP contribution in [0.25, 0.3) is 4.13 Å². The summed E-state index contributed by atoms with van der Waals surface area (Å²) in [4.78, 5) is 0. The van der Waals surface area contributed by atoms with Crippen molar-refractivity contribution in [3.63, 3.8) is 0 Å². The summed E-state index contributed by atoms with van der Waals surface area (Å²) in [5.41, 5.74) is -12.4. The first-order valence-corrected chi connectivity index (χ1v) is 9.71. The van der Waals surface area contributed by atoms with Gasteiger partial charge < -0.3 is 13.6 Å². The maximum absolute atomic E-state index is 11.4. The maximum Gasteiger partial charge on any atom is 0.480 e. The molecule has 1 aliphatic heterocycles. The summed E-state index contributed by atoms with van der Waals surface area (Å²) >= 11 is 0. The topological polar surface area (TPSA) is 101 Å². The molecular formula is C10H18F6N2O6S2. The molecule has 8 nitrogen and oxygen atoms in total. The Bertz CT molecular complexity index is 598. The Morgan fingerprint density at radius 1 is 0.962 bits per heavy atom. The number of quaternary nitrogens is 1. The number of rotatable bonds is 5. The third kappa shape index (κ3) is 7.91. The second-order valence-corrected chi connectivity index (χ2v) is 8.64. The summed E-state index contributed by atoms with van der Waals surface area (Å²) in [5, 5.41) is 0. The minimum Gasteiger partial charge on any atom is -0.421 e. The summed E-state index contributed by atoms with van der Waals surface area (Å²) < 4.78 is 121. The van der Waals surface area contributed by atoms with E-state index in [1.807, 2.05) is 6.92 Å². The Hall–Kier alpha value is -0.680. The van der Waals surface area contributed by atoms with Gasteiger partial charge in [-0.05, 0) is 6.92 Å². The van der Waals surface area contributed by atoms with Crippen LogP contribution >= 0.6 is 0 Å². The molecule has 0 atom stereocenters. The van der Waals surface area contributed by atoms with Gasteiger partial charge in [0.2, 0.25) is 0 Å². The highest BCUT2D eigenvalue weighted by Crippen LogP contribution is 2.36. The molecule has 0 aliphatic carbocycles. The number of nitrogens with zero attached hydrogens (tertiary/aromatic N) is 2. The van der Waals surface area contributed by atoms with Crippen LogP contribution in [0.3, 0.4) is 0 Å². The normalized spacial score (nSPS) is 18.8. The molecule has 1 heterocycles.